The zero-order chi connectivity index (χ0) is 63.2. The Kier molecular flexibility index (Phi) is 54.8. The summed E-state index contributed by atoms with van der Waals surface area (Å²) < 4.78 is 68.1. The van der Waals surface area contributed by atoms with E-state index in [4.69, 9.17) is 37.0 Å². The Morgan fingerprint density at radius 3 is 0.835 bits per heavy atom. The number of phosphoric ester groups is 2. The Bertz CT molecular complexity index is 1700. The molecule has 0 heterocycles. The first kappa shape index (κ1) is 83.1. The van der Waals surface area contributed by atoms with Crippen LogP contribution in [0.5, 0.6) is 0 Å². The lowest BCUT2D eigenvalue weighted by atomic mass is 10.00. The van der Waals surface area contributed by atoms with Crippen LogP contribution in [-0.4, -0.2) is 96.7 Å². The molecule has 17 nitrogen and oxygen atoms in total. The molecule has 0 spiro atoms. The maximum absolute atomic E-state index is 13.0. The van der Waals surface area contributed by atoms with Crippen molar-refractivity contribution in [2.45, 2.75) is 337 Å². The van der Waals surface area contributed by atoms with Crippen LogP contribution in [0.25, 0.3) is 0 Å². The summed E-state index contributed by atoms with van der Waals surface area (Å²) in [6, 6.07) is 0. The summed E-state index contributed by atoms with van der Waals surface area (Å²) in [7, 11) is -9.89. The van der Waals surface area contributed by atoms with Gasteiger partial charge in [-0.3, -0.25) is 37.3 Å². The van der Waals surface area contributed by atoms with Gasteiger partial charge >= 0.3 is 39.5 Å². The fourth-order valence-corrected chi connectivity index (χ4v) is 11.3. The molecule has 0 bridgehead atoms. The van der Waals surface area contributed by atoms with Crippen molar-refractivity contribution in [3.8, 4) is 0 Å². The molecule has 0 aliphatic heterocycles. The SMILES string of the molecule is CCC(C)CCCCCCCCC(=O)O[C@H](COC(=O)CCCCCCCCC(C)C)COP(=O)(O)OC[C@H](O)COP(=O)(O)OC[C@@H](COC(=O)CCCCCCCCCCC(C)C)OC(=O)CCCCCCCCCCCCCCC(C)C. The lowest BCUT2D eigenvalue weighted by Gasteiger charge is -2.21. The van der Waals surface area contributed by atoms with Gasteiger partial charge in [0.15, 0.2) is 12.2 Å². The van der Waals surface area contributed by atoms with Crippen molar-refractivity contribution < 1.29 is 80.2 Å². The van der Waals surface area contributed by atoms with Crippen LogP contribution < -0.4 is 0 Å². The maximum atomic E-state index is 13.0. The molecule has 0 radical (unpaired) electrons. The molecular weight excluding hydrogens is 1130 g/mol. The minimum Gasteiger partial charge on any atom is -0.462 e. The van der Waals surface area contributed by atoms with Gasteiger partial charge in [0, 0.05) is 25.7 Å². The maximum Gasteiger partial charge on any atom is 0.472 e. The van der Waals surface area contributed by atoms with Gasteiger partial charge in [0.2, 0.25) is 0 Å². The van der Waals surface area contributed by atoms with Crippen LogP contribution in [-0.2, 0) is 65.4 Å². The zero-order valence-corrected chi connectivity index (χ0v) is 57.0. The number of hydrogen-bond acceptors (Lipinski definition) is 15. The molecule has 0 aromatic carbocycles. The average Bonchev–Trinajstić information content (AvgIpc) is 3.51. The van der Waals surface area contributed by atoms with E-state index in [2.05, 4.69) is 55.4 Å². The number of hydrogen-bond donors (Lipinski definition) is 3. The molecule has 0 aliphatic rings. The number of ether oxygens (including phenoxy) is 4. The van der Waals surface area contributed by atoms with Crippen LogP contribution in [0.2, 0.25) is 0 Å². The molecular formula is C66H128O17P2. The third kappa shape index (κ3) is 59.5. The summed E-state index contributed by atoms with van der Waals surface area (Å²) in [5, 5.41) is 10.5. The monoisotopic (exact) mass is 1250 g/mol. The highest BCUT2D eigenvalue weighted by atomic mass is 31.2. The molecule has 0 saturated heterocycles. The van der Waals surface area contributed by atoms with Gasteiger partial charge in [-0.05, 0) is 49.4 Å². The third-order valence-corrected chi connectivity index (χ3v) is 17.3. The Morgan fingerprint density at radius 1 is 0.329 bits per heavy atom. The van der Waals surface area contributed by atoms with Crippen LogP contribution in [0, 0.1) is 23.7 Å². The number of aliphatic hydroxyl groups is 1. The van der Waals surface area contributed by atoms with E-state index in [0.29, 0.717) is 31.6 Å². The lowest BCUT2D eigenvalue weighted by molar-refractivity contribution is -0.161. The number of carbonyl (C=O) groups is 4. The van der Waals surface area contributed by atoms with E-state index in [0.717, 1.165) is 114 Å². The van der Waals surface area contributed by atoms with Crippen LogP contribution in [0.4, 0.5) is 0 Å². The first-order chi connectivity index (χ1) is 40.6. The summed E-state index contributed by atoms with van der Waals surface area (Å²) in [5.41, 5.74) is 0. The number of esters is 4. The molecule has 0 amide bonds. The highest BCUT2D eigenvalue weighted by Crippen LogP contribution is 2.45. The minimum atomic E-state index is -4.95. The third-order valence-electron chi connectivity index (χ3n) is 15.4. The molecule has 504 valence electrons. The van der Waals surface area contributed by atoms with Gasteiger partial charge in [0.05, 0.1) is 26.4 Å². The Hall–Kier alpha value is -1.94. The smallest absolute Gasteiger partial charge is 0.462 e. The number of aliphatic hydroxyl groups excluding tert-OH is 1. The summed E-state index contributed by atoms with van der Waals surface area (Å²) in [6.45, 7) is 14.0. The number of phosphoric acid groups is 2. The molecule has 85 heavy (non-hydrogen) atoms. The second kappa shape index (κ2) is 56.1. The molecule has 0 aliphatic carbocycles. The summed E-state index contributed by atoms with van der Waals surface area (Å²) in [4.78, 5) is 72.3. The quantitative estimate of drug-likeness (QED) is 0.0222. The van der Waals surface area contributed by atoms with Gasteiger partial charge in [-0.2, -0.15) is 0 Å². The zero-order valence-electron chi connectivity index (χ0n) is 55.2. The minimum absolute atomic E-state index is 0.101. The van der Waals surface area contributed by atoms with Crippen molar-refractivity contribution >= 4 is 39.5 Å². The van der Waals surface area contributed by atoms with Gasteiger partial charge in [-0.15, -0.1) is 0 Å². The van der Waals surface area contributed by atoms with Gasteiger partial charge < -0.3 is 33.8 Å². The molecule has 0 aromatic rings. The van der Waals surface area contributed by atoms with Crippen LogP contribution in [0.1, 0.15) is 319 Å². The second-order valence-corrected chi connectivity index (χ2v) is 28.4. The largest absolute Gasteiger partial charge is 0.472 e. The highest BCUT2D eigenvalue weighted by molar-refractivity contribution is 7.47. The normalized spacial score (nSPS) is 14.7. The van der Waals surface area contributed by atoms with Crippen LogP contribution in [0.3, 0.4) is 0 Å². The van der Waals surface area contributed by atoms with Gasteiger partial charge in [-0.1, -0.05) is 267 Å². The Labute approximate surface area is 517 Å². The first-order valence-corrected chi connectivity index (χ1v) is 37.2. The van der Waals surface area contributed by atoms with Gasteiger partial charge in [0.1, 0.15) is 19.3 Å². The molecule has 6 atom stereocenters. The van der Waals surface area contributed by atoms with Crippen molar-refractivity contribution in [3.63, 3.8) is 0 Å². The van der Waals surface area contributed by atoms with E-state index in [9.17, 15) is 43.2 Å². The highest BCUT2D eigenvalue weighted by Gasteiger charge is 2.30. The van der Waals surface area contributed by atoms with Crippen molar-refractivity contribution in [2.24, 2.45) is 23.7 Å². The van der Waals surface area contributed by atoms with Crippen molar-refractivity contribution in [3.05, 3.63) is 0 Å². The lowest BCUT2D eigenvalue weighted by Crippen LogP contribution is -2.30. The topological polar surface area (TPSA) is 237 Å². The summed E-state index contributed by atoms with van der Waals surface area (Å²) in [5.74, 6) is 0.763. The molecule has 3 unspecified atom stereocenters. The van der Waals surface area contributed by atoms with Crippen LogP contribution >= 0.6 is 15.6 Å². The molecule has 3 N–H and O–H groups in total. The van der Waals surface area contributed by atoms with E-state index < -0.39 is 97.5 Å². The van der Waals surface area contributed by atoms with E-state index in [1.54, 1.807) is 0 Å². The van der Waals surface area contributed by atoms with Gasteiger partial charge in [0.25, 0.3) is 0 Å². The molecule has 0 rings (SSSR count). The Morgan fingerprint density at radius 2 is 0.565 bits per heavy atom. The van der Waals surface area contributed by atoms with E-state index in [1.807, 2.05) is 0 Å². The Balaban J connectivity index is 5.25. The molecule has 0 saturated carbocycles. The van der Waals surface area contributed by atoms with E-state index >= 15 is 0 Å². The molecule has 0 aromatic heterocycles. The van der Waals surface area contributed by atoms with Gasteiger partial charge in [-0.25, -0.2) is 9.13 Å². The fraction of sp³-hybridized carbons (Fsp3) is 0.939. The second-order valence-electron chi connectivity index (χ2n) is 25.5. The van der Waals surface area contributed by atoms with Crippen molar-refractivity contribution in [2.75, 3.05) is 39.6 Å². The standard InChI is InChI=1S/C66H128O17P2/c1-9-59(8)45-37-29-23-25-33-41-49-66(71)83-62(53-77-64(69)47-39-31-24-22-28-36-44-58(6)7)55-81-85(74,75)79-51-60(67)50-78-84(72,73)80-54-61(52-76-63(68)46-38-30-20-17-16-19-27-35-43-57(4)5)82-65(70)48-40-32-21-15-13-11-10-12-14-18-26-34-42-56(2)3/h56-62,67H,9-55H2,1-8H3,(H,72,73)(H,74,75)/t59?,60-,61-,62-/m1/s1. The number of rotatable bonds is 63. The number of unbranched alkanes of at least 4 members (excludes halogenated alkanes) is 28. The van der Waals surface area contributed by atoms with Crippen molar-refractivity contribution in [1.29, 1.82) is 0 Å². The van der Waals surface area contributed by atoms with E-state index in [-0.39, 0.29) is 25.7 Å². The fourth-order valence-electron chi connectivity index (χ4n) is 9.75. The predicted octanol–water partition coefficient (Wildman–Crippen LogP) is 18.1. The predicted molar refractivity (Wildman–Crippen MR) is 340 cm³/mol. The number of carbonyl (C=O) groups excluding carboxylic acids is 4. The summed E-state index contributed by atoms with van der Waals surface area (Å²) in [6.07, 6.45) is 36.4. The molecule has 0 fully saturated rings. The van der Waals surface area contributed by atoms with Crippen LogP contribution in [0.15, 0.2) is 0 Å². The average molecular weight is 1260 g/mol. The van der Waals surface area contributed by atoms with Crippen molar-refractivity contribution in [1.82, 2.24) is 0 Å². The first-order valence-electron chi connectivity index (χ1n) is 34.2. The van der Waals surface area contributed by atoms with E-state index in [1.165, 1.54) is 116 Å². The summed E-state index contributed by atoms with van der Waals surface area (Å²) >= 11 is 0. The molecule has 19 heteroatoms.